The summed E-state index contributed by atoms with van der Waals surface area (Å²) in [6.07, 6.45) is 4.74. The van der Waals surface area contributed by atoms with Crippen LogP contribution in [0.15, 0.2) is 42.5 Å². The Balaban J connectivity index is 1.59. The molecule has 2 aliphatic rings. The summed E-state index contributed by atoms with van der Waals surface area (Å²) >= 11 is 6.11. The van der Waals surface area contributed by atoms with Crippen molar-refractivity contribution in [3.8, 4) is 5.75 Å². The fourth-order valence-corrected chi connectivity index (χ4v) is 4.29. The van der Waals surface area contributed by atoms with Gasteiger partial charge in [0.05, 0.1) is 12.2 Å². The maximum Gasteiger partial charge on any atom is 0.268 e. The van der Waals surface area contributed by atoms with Crippen molar-refractivity contribution in [3.63, 3.8) is 0 Å². The number of amides is 2. The van der Waals surface area contributed by atoms with Gasteiger partial charge in [0.1, 0.15) is 5.75 Å². The third-order valence-electron chi connectivity index (χ3n) is 5.64. The lowest BCUT2D eigenvalue weighted by atomic mass is 9.88. The first-order valence-electron chi connectivity index (χ1n) is 10.2. The van der Waals surface area contributed by atoms with Crippen molar-refractivity contribution >= 4 is 34.8 Å². The molecule has 1 heterocycles. The highest BCUT2D eigenvalue weighted by Gasteiger charge is 2.32. The maximum atomic E-state index is 12.8. The van der Waals surface area contributed by atoms with Crippen molar-refractivity contribution in [2.45, 2.75) is 51.7 Å². The van der Waals surface area contributed by atoms with Crippen LogP contribution in [0.3, 0.4) is 0 Å². The molecule has 1 aliphatic heterocycles. The first-order chi connectivity index (χ1) is 14.0. The highest BCUT2D eigenvalue weighted by molar-refractivity contribution is 6.30. The van der Waals surface area contributed by atoms with Gasteiger partial charge in [-0.25, -0.2) is 0 Å². The molecule has 29 heavy (non-hydrogen) atoms. The van der Waals surface area contributed by atoms with E-state index in [2.05, 4.69) is 5.32 Å². The van der Waals surface area contributed by atoms with Gasteiger partial charge in [-0.05, 0) is 55.7 Å². The van der Waals surface area contributed by atoms with Gasteiger partial charge in [-0.15, -0.1) is 0 Å². The smallest absolute Gasteiger partial charge is 0.268 e. The highest BCUT2D eigenvalue weighted by Crippen LogP contribution is 2.37. The number of benzene rings is 2. The van der Waals surface area contributed by atoms with Crippen molar-refractivity contribution in [3.05, 3.63) is 53.1 Å². The first kappa shape index (κ1) is 19.8. The van der Waals surface area contributed by atoms with Gasteiger partial charge in [0.2, 0.25) is 5.91 Å². The molecular formula is C23H25ClN2O3. The molecule has 1 unspecified atom stereocenters. The molecule has 0 bridgehead atoms. The lowest BCUT2D eigenvalue weighted by Gasteiger charge is -2.33. The molecule has 1 aliphatic carbocycles. The van der Waals surface area contributed by atoms with Gasteiger partial charge in [-0.1, -0.05) is 43.0 Å². The molecule has 2 amide bonds. The molecule has 5 nitrogen and oxygen atoms in total. The number of rotatable bonds is 4. The Hall–Kier alpha value is -2.53. The zero-order valence-electron chi connectivity index (χ0n) is 16.5. The molecule has 0 saturated heterocycles. The van der Waals surface area contributed by atoms with Crippen LogP contribution in [0, 0.1) is 5.92 Å². The third kappa shape index (κ3) is 4.40. The van der Waals surface area contributed by atoms with E-state index in [4.69, 9.17) is 16.3 Å². The largest absolute Gasteiger partial charge is 0.479 e. The minimum atomic E-state index is -0.565. The summed E-state index contributed by atoms with van der Waals surface area (Å²) in [4.78, 5) is 27.2. The molecule has 0 radical (unpaired) electrons. The van der Waals surface area contributed by atoms with E-state index in [1.165, 1.54) is 6.42 Å². The Bertz CT molecular complexity index is 924. The number of fused-ring (bicyclic) bond motifs is 1. The van der Waals surface area contributed by atoms with Crippen LogP contribution in [-0.2, 0) is 16.1 Å². The van der Waals surface area contributed by atoms with Crippen LogP contribution >= 0.6 is 11.6 Å². The molecule has 6 heteroatoms. The summed E-state index contributed by atoms with van der Waals surface area (Å²) in [5.41, 5.74) is 2.28. The topological polar surface area (TPSA) is 58.6 Å². The quantitative estimate of drug-likeness (QED) is 0.753. The average molecular weight is 413 g/mol. The Morgan fingerprint density at radius 2 is 1.97 bits per heavy atom. The van der Waals surface area contributed by atoms with E-state index in [9.17, 15) is 9.59 Å². The Kier molecular flexibility index (Phi) is 5.76. The molecule has 2 aromatic rings. The van der Waals surface area contributed by atoms with Gasteiger partial charge in [0, 0.05) is 16.6 Å². The number of nitrogens with one attached hydrogen (secondary N) is 1. The minimum Gasteiger partial charge on any atom is -0.479 e. The maximum absolute atomic E-state index is 12.8. The third-order valence-corrected chi connectivity index (χ3v) is 5.88. The fourth-order valence-electron chi connectivity index (χ4n) is 4.07. The number of carbonyl (C=O) groups excluding carboxylic acids is 2. The molecular weight excluding hydrogens is 388 g/mol. The van der Waals surface area contributed by atoms with E-state index in [1.807, 2.05) is 42.5 Å². The van der Waals surface area contributed by atoms with Crippen molar-refractivity contribution in [2.24, 2.45) is 5.92 Å². The predicted octanol–water partition coefficient (Wildman–Crippen LogP) is 5.17. The van der Waals surface area contributed by atoms with Crippen LogP contribution in [0.4, 0.5) is 11.4 Å². The molecule has 1 fully saturated rings. The van der Waals surface area contributed by atoms with Gasteiger partial charge in [-0.3, -0.25) is 9.59 Å². The van der Waals surface area contributed by atoms with Crippen molar-refractivity contribution in [1.29, 1.82) is 0 Å². The number of carbonyl (C=O) groups is 2. The number of hydrogen-bond acceptors (Lipinski definition) is 3. The van der Waals surface area contributed by atoms with Gasteiger partial charge < -0.3 is 15.0 Å². The molecule has 0 spiro atoms. The molecule has 1 atom stereocenters. The monoisotopic (exact) mass is 412 g/mol. The highest BCUT2D eigenvalue weighted by atomic mass is 35.5. The number of halogens is 1. The number of hydrogen-bond donors (Lipinski definition) is 1. The standard InChI is InChI=1S/C23H25ClN2O3/c1-15-23(28)26(14-16-6-5-9-18(24)12-16)20-13-19(10-11-21(20)29-15)25-22(27)17-7-3-2-4-8-17/h5-6,9-13,15,17H,2-4,7-8,14H2,1H3,(H,25,27). The van der Waals surface area contributed by atoms with Crippen LogP contribution in [0.25, 0.3) is 0 Å². The Morgan fingerprint density at radius 3 is 2.72 bits per heavy atom. The van der Waals surface area contributed by atoms with E-state index < -0.39 is 6.10 Å². The summed E-state index contributed by atoms with van der Waals surface area (Å²) in [5, 5.41) is 3.66. The summed E-state index contributed by atoms with van der Waals surface area (Å²) in [6, 6.07) is 12.9. The second kappa shape index (κ2) is 8.46. The predicted molar refractivity (Wildman–Crippen MR) is 114 cm³/mol. The van der Waals surface area contributed by atoms with Crippen LogP contribution < -0.4 is 15.0 Å². The van der Waals surface area contributed by atoms with E-state index in [0.717, 1.165) is 31.2 Å². The summed E-state index contributed by atoms with van der Waals surface area (Å²) < 4.78 is 5.78. The Morgan fingerprint density at radius 1 is 1.17 bits per heavy atom. The molecule has 1 saturated carbocycles. The van der Waals surface area contributed by atoms with E-state index in [1.54, 1.807) is 11.8 Å². The normalized spacial score (nSPS) is 19.4. The summed E-state index contributed by atoms with van der Waals surface area (Å²) in [6.45, 7) is 2.13. The van der Waals surface area contributed by atoms with Gasteiger partial charge in [0.25, 0.3) is 5.91 Å². The van der Waals surface area contributed by atoms with Crippen LogP contribution in [-0.4, -0.2) is 17.9 Å². The van der Waals surface area contributed by atoms with Gasteiger partial charge in [-0.2, -0.15) is 0 Å². The fraction of sp³-hybridized carbons (Fsp3) is 0.391. The molecule has 0 aromatic heterocycles. The molecule has 1 N–H and O–H groups in total. The minimum absolute atomic E-state index is 0.0578. The Labute approximate surface area is 176 Å². The van der Waals surface area contributed by atoms with Crippen LogP contribution in [0.1, 0.15) is 44.6 Å². The zero-order valence-corrected chi connectivity index (χ0v) is 17.2. The summed E-state index contributed by atoms with van der Waals surface area (Å²) in [7, 11) is 0. The first-order valence-corrected chi connectivity index (χ1v) is 10.6. The van der Waals surface area contributed by atoms with E-state index >= 15 is 0 Å². The SMILES string of the molecule is CC1Oc2ccc(NC(=O)C3CCCCC3)cc2N(Cc2cccc(Cl)c2)C1=O. The number of anilines is 2. The summed E-state index contributed by atoms with van der Waals surface area (Å²) in [5.74, 6) is 0.644. The lowest BCUT2D eigenvalue weighted by molar-refractivity contribution is -0.125. The van der Waals surface area contributed by atoms with Gasteiger partial charge >= 0.3 is 0 Å². The van der Waals surface area contributed by atoms with Crippen LogP contribution in [0.2, 0.25) is 5.02 Å². The number of nitrogens with zero attached hydrogens (tertiary/aromatic N) is 1. The number of ether oxygens (including phenoxy) is 1. The van der Waals surface area contributed by atoms with E-state index in [0.29, 0.717) is 28.7 Å². The van der Waals surface area contributed by atoms with Crippen LogP contribution in [0.5, 0.6) is 5.75 Å². The van der Waals surface area contributed by atoms with Crippen molar-refractivity contribution in [1.82, 2.24) is 0 Å². The molecule has 4 rings (SSSR count). The molecule has 152 valence electrons. The lowest BCUT2D eigenvalue weighted by Crippen LogP contribution is -2.44. The second-order valence-electron chi connectivity index (χ2n) is 7.82. The van der Waals surface area contributed by atoms with Crippen molar-refractivity contribution in [2.75, 3.05) is 10.2 Å². The second-order valence-corrected chi connectivity index (χ2v) is 8.26. The van der Waals surface area contributed by atoms with Crippen molar-refractivity contribution < 1.29 is 14.3 Å². The van der Waals surface area contributed by atoms with E-state index in [-0.39, 0.29) is 17.7 Å². The van der Waals surface area contributed by atoms with Gasteiger partial charge in [0.15, 0.2) is 6.10 Å². The average Bonchev–Trinajstić information content (AvgIpc) is 2.72. The zero-order chi connectivity index (χ0) is 20.4. The molecule has 2 aromatic carbocycles.